The van der Waals surface area contributed by atoms with Gasteiger partial charge in [-0.15, -0.1) is 0 Å². The summed E-state index contributed by atoms with van der Waals surface area (Å²) in [6.45, 7) is -0.186. The van der Waals surface area contributed by atoms with Gasteiger partial charge in [-0.25, -0.2) is 9.48 Å². The SMILES string of the molecule is O=C(O)c1nn(-c2c(Cl)cc(Cl)cc2Cl)cc1CCO. The van der Waals surface area contributed by atoms with Crippen LogP contribution in [0.25, 0.3) is 5.69 Å². The predicted molar refractivity (Wildman–Crippen MR) is 76.3 cm³/mol. The summed E-state index contributed by atoms with van der Waals surface area (Å²) in [5, 5.41) is 22.8. The molecule has 0 bridgehead atoms. The maximum Gasteiger partial charge on any atom is 0.356 e. The lowest BCUT2D eigenvalue weighted by atomic mass is 10.2. The van der Waals surface area contributed by atoms with Gasteiger partial charge in [-0.1, -0.05) is 34.8 Å². The Bertz CT molecular complexity index is 647. The summed E-state index contributed by atoms with van der Waals surface area (Å²) < 4.78 is 1.27. The molecule has 1 aromatic heterocycles. The van der Waals surface area contributed by atoms with Crippen molar-refractivity contribution in [3.05, 3.63) is 44.7 Å². The van der Waals surface area contributed by atoms with E-state index in [-0.39, 0.29) is 28.8 Å². The molecule has 2 rings (SSSR count). The Kier molecular flexibility index (Phi) is 4.55. The van der Waals surface area contributed by atoms with E-state index >= 15 is 0 Å². The van der Waals surface area contributed by atoms with Crippen LogP contribution in [-0.4, -0.2) is 32.6 Å². The fraction of sp³-hybridized carbons (Fsp3) is 0.167. The number of hydrogen-bond donors (Lipinski definition) is 2. The average Bonchev–Trinajstić information content (AvgIpc) is 2.72. The van der Waals surface area contributed by atoms with E-state index in [2.05, 4.69) is 5.10 Å². The average molecular weight is 336 g/mol. The van der Waals surface area contributed by atoms with Crippen molar-refractivity contribution in [1.29, 1.82) is 0 Å². The van der Waals surface area contributed by atoms with Crippen molar-refractivity contribution >= 4 is 40.8 Å². The van der Waals surface area contributed by atoms with Crippen LogP contribution >= 0.6 is 34.8 Å². The fourth-order valence-electron chi connectivity index (χ4n) is 1.76. The minimum atomic E-state index is -1.19. The maximum atomic E-state index is 11.1. The van der Waals surface area contributed by atoms with Crippen molar-refractivity contribution in [2.24, 2.45) is 0 Å². The molecule has 1 heterocycles. The van der Waals surface area contributed by atoms with E-state index < -0.39 is 5.97 Å². The van der Waals surface area contributed by atoms with E-state index in [1.54, 1.807) is 0 Å². The van der Waals surface area contributed by atoms with Gasteiger partial charge in [0.1, 0.15) is 5.69 Å². The second kappa shape index (κ2) is 6.01. The minimum absolute atomic E-state index is 0.152. The topological polar surface area (TPSA) is 75.3 Å². The highest BCUT2D eigenvalue weighted by molar-refractivity contribution is 6.40. The Morgan fingerprint density at radius 2 is 1.85 bits per heavy atom. The molecule has 5 nitrogen and oxygen atoms in total. The number of rotatable bonds is 4. The molecule has 0 aliphatic carbocycles. The number of nitrogens with zero attached hydrogens (tertiary/aromatic N) is 2. The molecule has 0 atom stereocenters. The Hall–Kier alpha value is -1.27. The molecule has 0 amide bonds. The number of halogens is 3. The second-order valence-corrected chi connectivity index (χ2v) is 5.20. The van der Waals surface area contributed by atoms with Gasteiger partial charge in [0.25, 0.3) is 0 Å². The molecular formula is C12H9Cl3N2O3. The zero-order valence-electron chi connectivity index (χ0n) is 9.98. The zero-order valence-corrected chi connectivity index (χ0v) is 12.2. The number of aromatic carboxylic acids is 1. The summed E-state index contributed by atoms with van der Waals surface area (Å²) in [6, 6.07) is 2.97. The van der Waals surface area contributed by atoms with Crippen molar-refractivity contribution in [2.75, 3.05) is 6.61 Å². The van der Waals surface area contributed by atoms with Gasteiger partial charge in [-0.2, -0.15) is 5.10 Å². The van der Waals surface area contributed by atoms with Crippen LogP contribution in [-0.2, 0) is 6.42 Å². The van der Waals surface area contributed by atoms with Crippen LogP contribution in [0.3, 0.4) is 0 Å². The molecule has 106 valence electrons. The van der Waals surface area contributed by atoms with E-state index in [1.165, 1.54) is 23.0 Å². The van der Waals surface area contributed by atoms with Gasteiger partial charge in [0.15, 0.2) is 5.69 Å². The van der Waals surface area contributed by atoms with Crippen LogP contribution in [0.15, 0.2) is 18.3 Å². The number of carboxylic acid groups (broad SMARTS) is 1. The molecule has 8 heteroatoms. The van der Waals surface area contributed by atoms with Crippen molar-refractivity contribution in [3.63, 3.8) is 0 Å². The number of hydrogen-bond acceptors (Lipinski definition) is 3. The highest BCUT2D eigenvalue weighted by atomic mass is 35.5. The summed E-state index contributed by atoms with van der Waals surface area (Å²) in [5.41, 5.74) is 0.577. The molecule has 0 saturated heterocycles. The Morgan fingerprint density at radius 3 is 2.35 bits per heavy atom. The molecule has 20 heavy (non-hydrogen) atoms. The molecule has 0 unspecified atom stereocenters. The molecule has 0 spiro atoms. The van der Waals surface area contributed by atoms with Gasteiger partial charge in [-0.05, 0) is 18.6 Å². The van der Waals surface area contributed by atoms with Crippen molar-refractivity contribution < 1.29 is 15.0 Å². The third kappa shape index (κ3) is 2.91. The summed E-state index contributed by atoms with van der Waals surface area (Å²) in [6.07, 6.45) is 1.64. The third-order valence-corrected chi connectivity index (χ3v) is 3.38. The molecule has 1 aromatic carbocycles. The summed E-state index contributed by atoms with van der Waals surface area (Å²) in [7, 11) is 0. The number of aromatic nitrogens is 2. The summed E-state index contributed by atoms with van der Waals surface area (Å²) >= 11 is 17.9. The maximum absolute atomic E-state index is 11.1. The van der Waals surface area contributed by atoms with Crippen LogP contribution < -0.4 is 0 Å². The summed E-state index contributed by atoms with van der Waals surface area (Å²) in [4.78, 5) is 11.1. The minimum Gasteiger partial charge on any atom is -0.476 e. The quantitative estimate of drug-likeness (QED) is 0.900. The lowest BCUT2D eigenvalue weighted by molar-refractivity contribution is 0.0688. The van der Waals surface area contributed by atoms with Gasteiger partial charge < -0.3 is 10.2 Å². The number of aliphatic hydroxyl groups excluding tert-OH is 1. The van der Waals surface area contributed by atoms with Gasteiger partial charge in [0.05, 0.1) is 10.0 Å². The van der Waals surface area contributed by atoms with E-state index in [1.807, 2.05) is 0 Å². The van der Waals surface area contributed by atoms with Gasteiger partial charge in [0, 0.05) is 23.4 Å². The molecule has 0 fully saturated rings. The first-order valence-electron chi connectivity index (χ1n) is 5.51. The largest absolute Gasteiger partial charge is 0.476 e. The highest BCUT2D eigenvalue weighted by Gasteiger charge is 2.19. The van der Waals surface area contributed by atoms with E-state index in [0.29, 0.717) is 16.3 Å². The normalized spacial score (nSPS) is 10.8. The lowest BCUT2D eigenvalue weighted by Gasteiger charge is -2.07. The molecular weight excluding hydrogens is 327 g/mol. The Balaban J connectivity index is 2.59. The standard InChI is InChI=1S/C12H9Cl3N2O3/c13-7-3-8(14)11(9(15)4-7)17-5-6(1-2-18)10(16-17)12(19)20/h3-5,18H,1-2H2,(H,19,20). The Morgan fingerprint density at radius 1 is 1.25 bits per heavy atom. The monoisotopic (exact) mass is 334 g/mol. The molecule has 2 aromatic rings. The van der Waals surface area contributed by atoms with Crippen LogP contribution in [0.5, 0.6) is 0 Å². The molecule has 0 radical (unpaired) electrons. The number of carboxylic acids is 1. The predicted octanol–water partition coefficient (Wildman–Crippen LogP) is 3.07. The lowest BCUT2D eigenvalue weighted by Crippen LogP contribution is -2.04. The number of carbonyl (C=O) groups is 1. The third-order valence-electron chi connectivity index (χ3n) is 2.58. The molecule has 0 aliphatic rings. The van der Waals surface area contributed by atoms with E-state index in [4.69, 9.17) is 45.0 Å². The molecule has 0 aliphatic heterocycles. The first-order chi connectivity index (χ1) is 9.43. The van der Waals surface area contributed by atoms with Gasteiger partial charge in [-0.3, -0.25) is 0 Å². The molecule has 0 saturated carbocycles. The Labute approximate surface area is 129 Å². The number of benzene rings is 1. The second-order valence-electron chi connectivity index (χ2n) is 3.94. The van der Waals surface area contributed by atoms with Crippen molar-refractivity contribution in [3.8, 4) is 5.69 Å². The highest BCUT2D eigenvalue weighted by Crippen LogP contribution is 2.32. The van der Waals surface area contributed by atoms with Crippen molar-refractivity contribution in [2.45, 2.75) is 6.42 Å². The fourth-order valence-corrected chi connectivity index (χ4v) is 2.75. The first kappa shape index (κ1) is 15.1. The van der Waals surface area contributed by atoms with Crippen LogP contribution in [0, 0.1) is 0 Å². The smallest absolute Gasteiger partial charge is 0.356 e. The zero-order chi connectivity index (χ0) is 14.9. The van der Waals surface area contributed by atoms with Gasteiger partial charge >= 0.3 is 5.97 Å². The van der Waals surface area contributed by atoms with Crippen LogP contribution in [0.2, 0.25) is 15.1 Å². The number of aliphatic hydroxyl groups is 1. The first-order valence-corrected chi connectivity index (χ1v) is 6.65. The summed E-state index contributed by atoms with van der Waals surface area (Å²) in [5.74, 6) is -1.19. The molecule has 2 N–H and O–H groups in total. The van der Waals surface area contributed by atoms with E-state index in [9.17, 15) is 4.79 Å². The van der Waals surface area contributed by atoms with Crippen LogP contribution in [0.4, 0.5) is 0 Å². The van der Waals surface area contributed by atoms with Crippen LogP contribution in [0.1, 0.15) is 16.1 Å². The van der Waals surface area contributed by atoms with E-state index in [0.717, 1.165) is 0 Å². The van der Waals surface area contributed by atoms with Crippen molar-refractivity contribution in [1.82, 2.24) is 9.78 Å². The van der Waals surface area contributed by atoms with Gasteiger partial charge in [0.2, 0.25) is 0 Å².